The summed E-state index contributed by atoms with van der Waals surface area (Å²) in [5, 5.41) is 0. The molecular weight excluding hydrogens is 329 g/mol. The Bertz CT molecular complexity index is 256. The Morgan fingerprint density at radius 2 is 2.00 bits per heavy atom. The Labute approximate surface area is 118 Å². The molecule has 1 rings (SSSR count). The fourth-order valence-electron chi connectivity index (χ4n) is 2.71. The molecule has 1 aliphatic rings. The standard InChI is InChI=1S/C13H24INO2/c1-4-9(5-2)17-11-7-8(3)6-10(15)12(11)13(14)16/h8-12H,4-7,15H2,1-3H3/t8-,10+,11-,12-/m1/s1. The Morgan fingerprint density at radius 3 is 2.47 bits per heavy atom. The van der Waals surface area contributed by atoms with E-state index in [1.165, 1.54) is 0 Å². The van der Waals surface area contributed by atoms with Gasteiger partial charge < -0.3 is 10.5 Å². The van der Waals surface area contributed by atoms with Gasteiger partial charge in [0.25, 0.3) is 0 Å². The van der Waals surface area contributed by atoms with Gasteiger partial charge in [0.1, 0.15) is 0 Å². The summed E-state index contributed by atoms with van der Waals surface area (Å²) >= 11 is 1.87. The van der Waals surface area contributed by atoms with E-state index in [1.54, 1.807) is 0 Å². The van der Waals surface area contributed by atoms with Gasteiger partial charge in [0.05, 0.1) is 18.1 Å². The lowest BCUT2D eigenvalue weighted by Crippen LogP contribution is -2.49. The van der Waals surface area contributed by atoms with Gasteiger partial charge in [-0.3, -0.25) is 4.79 Å². The molecule has 0 spiro atoms. The van der Waals surface area contributed by atoms with E-state index in [-0.39, 0.29) is 28.0 Å². The third kappa shape index (κ3) is 4.17. The molecule has 0 saturated heterocycles. The third-order valence-corrected chi connectivity index (χ3v) is 4.43. The summed E-state index contributed by atoms with van der Waals surface area (Å²) in [6.45, 7) is 6.44. The number of hydrogen-bond acceptors (Lipinski definition) is 3. The molecule has 0 amide bonds. The van der Waals surface area contributed by atoms with Gasteiger partial charge in [-0.25, -0.2) is 0 Å². The van der Waals surface area contributed by atoms with Gasteiger partial charge in [0.2, 0.25) is 0 Å². The van der Waals surface area contributed by atoms with Crippen molar-refractivity contribution < 1.29 is 9.53 Å². The van der Waals surface area contributed by atoms with Crippen LogP contribution in [0.4, 0.5) is 0 Å². The van der Waals surface area contributed by atoms with Crippen molar-refractivity contribution in [3.63, 3.8) is 0 Å². The Kier molecular flexibility index (Phi) is 6.37. The van der Waals surface area contributed by atoms with Crippen molar-refractivity contribution in [2.45, 2.75) is 64.7 Å². The predicted molar refractivity (Wildman–Crippen MR) is 78.1 cm³/mol. The molecule has 0 aromatic rings. The molecule has 17 heavy (non-hydrogen) atoms. The molecule has 1 aliphatic carbocycles. The molecule has 0 bridgehead atoms. The van der Waals surface area contributed by atoms with Gasteiger partial charge in [-0.2, -0.15) is 0 Å². The van der Waals surface area contributed by atoms with Crippen molar-refractivity contribution in [2.75, 3.05) is 0 Å². The van der Waals surface area contributed by atoms with Crippen LogP contribution < -0.4 is 5.73 Å². The molecule has 0 radical (unpaired) electrons. The maximum Gasteiger partial charge on any atom is 0.199 e. The highest BCUT2D eigenvalue weighted by molar-refractivity contribution is 14.1. The Morgan fingerprint density at radius 1 is 1.41 bits per heavy atom. The number of hydrogen-bond donors (Lipinski definition) is 1. The lowest BCUT2D eigenvalue weighted by Gasteiger charge is -2.38. The molecule has 4 heteroatoms. The number of halogens is 1. The van der Waals surface area contributed by atoms with Crippen molar-refractivity contribution in [3.8, 4) is 0 Å². The normalized spacial score (nSPS) is 34.0. The summed E-state index contributed by atoms with van der Waals surface area (Å²) in [5.41, 5.74) is 6.11. The van der Waals surface area contributed by atoms with Crippen LogP contribution >= 0.6 is 22.6 Å². The first-order valence-corrected chi connectivity index (χ1v) is 7.67. The van der Waals surface area contributed by atoms with Crippen molar-refractivity contribution >= 4 is 26.4 Å². The predicted octanol–water partition coefficient (Wildman–Crippen LogP) is 2.90. The molecule has 0 unspecified atom stereocenters. The summed E-state index contributed by atoms with van der Waals surface area (Å²) in [6.07, 6.45) is 4.17. The second kappa shape index (κ2) is 7.04. The van der Waals surface area contributed by atoms with E-state index >= 15 is 0 Å². The van der Waals surface area contributed by atoms with Gasteiger partial charge in [-0.05, 0) is 54.2 Å². The Hall–Kier alpha value is 0.320. The summed E-state index contributed by atoms with van der Waals surface area (Å²) in [5.74, 6) is 0.434. The smallest absolute Gasteiger partial charge is 0.199 e. The third-order valence-electron chi connectivity index (χ3n) is 3.71. The zero-order chi connectivity index (χ0) is 13.0. The molecule has 0 heterocycles. The van der Waals surface area contributed by atoms with Crippen LogP contribution in [0.5, 0.6) is 0 Å². The quantitative estimate of drug-likeness (QED) is 0.611. The SMILES string of the molecule is CCC(CC)O[C@@H]1C[C@H](C)C[C@H](N)[C@H]1C(=O)I. The molecular formula is C13H24INO2. The molecule has 0 aromatic carbocycles. The van der Waals surface area contributed by atoms with Crippen LogP contribution in [0, 0.1) is 11.8 Å². The van der Waals surface area contributed by atoms with Crippen molar-refractivity contribution in [1.82, 2.24) is 0 Å². The van der Waals surface area contributed by atoms with Gasteiger partial charge in [0.15, 0.2) is 3.79 Å². The summed E-state index contributed by atoms with van der Waals surface area (Å²) in [6, 6.07) is -0.0393. The monoisotopic (exact) mass is 353 g/mol. The summed E-state index contributed by atoms with van der Waals surface area (Å²) < 4.78 is 6.25. The van der Waals surface area contributed by atoms with E-state index in [1.807, 2.05) is 22.6 Å². The highest BCUT2D eigenvalue weighted by Gasteiger charge is 2.39. The van der Waals surface area contributed by atoms with Gasteiger partial charge in [-0.15, -0.1) is 0 Å². The number of carbonyl (C=O) groups is 1. The lowest BCUT2D eigenvalue weighted by molar-refractivity contribution is -0.126. The van der Waals surface area contributed by atoms with E-state index in [9.17, 15) is 4.79 Å². The van der Waals surface area contributed by atoms with Crippen LogP contribution in [0.25, 0.3) is 0 Å². The number of rotatable bonds is 5. The van der Waals surface area contributed by atoms with Crippen LogP contribution in [-0.4, -0.2) is 22.0 Å². The molecule has 3 nitrogen and oxygen atoms in total. The lowest BCUT2D eigenvalue weighted by atomic mass is 9.78. The number of ether oxygens (including phenoxy) is 1. The minimum atomic E-state index is -0.118. The average molecular weight is 353 g/mol. The fraction of sp³-hybridized carbons (Fsp3) is 0.923. The molecule has 1 fully saturated rings. The molecule has 1 saturated carbocycles. The molecule has 0 aromatic heterocycles. The molecule has 2 N–H and O–H groups in total. The minimum Gasteiger partial charge on any atom is -0.374 e. The molecule has 0 aliphatic heterocycles. The number of nitrogens with two attached hydrogens (primary N) is 1. The average Bonchev–Trinajstić information content (AvgIpc) is 2.24. The highest BCUT2D eigenvalue weighted by atomic mass is 127. The van der Waals surface area contributed by atoms with Crippen molar-refractivity contribution in [2.24, 2.45) is 17.6 Å². The van der Waals surface area contributed by atoms with Gasteiger partial charge in [-0.1, -0.05) is 20.8 Å². The zero-order valence-corrected chi connectivity index (χ0v) is 13.1. The summed E-state index contributed by atoms with van der Waals surface area (Å²) in [4.78, 5) is 11.7. The van der Waals surface area contributed by atoms with Crippen LogP contribution in [0.2, 0.25) is 0 Å². The van der Waals surface area contributed by atoms with E-state index < -0.39 is 0 Å². The van der Waals surface area contributed by atoms with Crippen LogP contribution in [0.15, 0.2) is 0 Å². The highest BCUT2D eigenvalue weighted by Crippen LogP contribution is 2.33. The van der Waals surface area contributed by atoms with Crippen LogP contribution in [0.3, 0.4) is 0 Å². The van der Waals surface area contributed by atoms with E-state index in [0.717, 1.165) is 25.7 Å². The summed E-state index contributed by atoms with van der Waals surface area (Å²) in [7, 11) is 0. The first-order valence-electron chi connectivity index (χ1n) is 6.59. The first-order chi connectivity index (χ1) is 7.99. The van der Waals surface area contributed by atoms with E-state index in [4.69, 9.17) is 10.5 Å². The maximum atomic E-state index is 11.7. The van der Waals surface area contributed by atoms with E-state index in [2.05, 4.69) is 20.8 Å². The fourth-order valence-corrected chi connectivity index (χ4v) is 3.57. The topological polar surface area (TPSA) is 52.3 Å². The van der Waals surface area contributed by atoms with E-state index in [0.29, 0.717) is 5.92 Å². The minimum absolute atomic E-state index is 0.0167. The van der Waals surface area contributed by atoms with Gasteiger partial charge >= 0.3 is 0 Å². The largest absolute Gasteiger partial charge is 0.374 e. The van der Waals surface area contributed by atoms with Crippen LogP contribution in [0.1, 0.15) is 46.5 Å². The van der Waals surface area contributed by atoms with Crippen molar-refractivity contribution in [1.29, 1.82) is 0 Å². The second-order valence-electron chi connectivity index (χ2n) is 5.18. The molecule has 100 valence electrons. The van der Waals surface area contributed by atoms with Crippen LogP contribution in [-0.2, 0) is 9.53 Å². The van der Waals surface area contributed by atoms with Gasteiger partial charge in [0, 0.05) is 6.04 Å². The van der Waals surface area contributed by atoms with Crippen molar-refractivity contribution in [3.05, 3.63) is 0 Å². The maximum absolute atomic E-state index is 11.7. The zero-order valence-electron chi connectivity index (χ0n) is 11.0. The first kappa shape index (κ1) is 15.4. The Balaban J connectivity index is 2.72. The second-order valence-corrected chi connectivity index (χ2v) is 6.25. The molecule has 4 atom stereocenters. The number of carbonyl (C=O) groups excluding carboxylic acids is 1.